The van der Waals surface area contributed by atoms with Gasteiger partial charge in [0.15, 0.2) is 17.3 Å². The normalized spacial score (nSPS) is 12.2. The Kier molecular flexibility index (Phi) is 8.64. The second-order valence-electron chi connectivity index (χ2n) is 10.3. The lowest BCUT2D eigenvalue weighted by Crippen LogP contribution is -2.24. The van der Waals surface area contributed by atoms with E-state index in [4.69, 9.17) is 4.98 Å². The molecule has 0 saturated carbocycles. The minimum Gasteiger partial charge on any atom is -0.328 e. The molecule has 0 aliphatic rings. The zero-order valence-electron chi connectivity index (χ0n) is 23.5. The zero-order valence-corrected chi connectivity index (χ0v) is 24.3. The summed E-state index contributed by atoms with van der Waals surface area (Å²) >= 11 is 1.40. The van der Waals surface area contributed by atoms with Gasteiger partial charge in [-0.15, -0.1) is 0 Å². The number of carbonyl (C=O) groups is 1. The molecule has 0 radical (unpaired) electrons. The first-order valence-electron chi connectivity index (χ1n) is 13.5. The number of imidazole rings is 1. The van der Waals surface area contributed by atoms with E-state index >= 15 is 0 Å². The number of hydrogen-bond donors (Lipinski definition) is 2. The fourth-order valence-electron chi connectivity index (χ4n) is 4.82. The summed E-state index contributed by atoms with van der Waals surface area (Å²) in [4.78, 5) is 27.8. The molecule has 0 bridgehead atoms. The van der Waals surface area contributed by atoms with E-state index < -0.39 is 11.7 Å². The number of nitrogens with zero attached hydrogens (tertiary/aromatic N) is 8. The zero-order chi connectivity index (χ0) is 28.9. The summed E-state index contributed by atoms with van der Waals surface area (Å²) in [6.07, 6.45) is 12.0. The Hall–Kier alpha value is -4.23. The molecule has 0 saturated heterocycles. The first kappa shape index (κ1) is 28.3. The number of fused-ring (bicyclic) bond motifs is 1. The summed E-state index contributed by atoms with van der Waals surface area (Å²) in [5, 5.41) is 11.1. The molecule has 0 unspecified atom stereocenters. The van der Waals surface area contributed by atoms with E-state index in [1.165, 1.54) is 41.3 Å². The highest BCUT2D eigenvalue weighted by molar-refractivity contribution is 7.10. The molecule has 1 amide bonds. The van der Waals surface area contributed by atoms with E-state index in [1.807, 2.05) is 17.5 Å². The second kappa shape index (κ2) is 12.5. The molecule has 0 fully saturated rings. The largest absolute Gasteiger partial charge is 0.328 e. The van der Waals surface area contributed by atoms with Gasteiger partial charge in [-0.05, 0) is 50.0 Å². The second-order valence-corrected chi connectivity index (χ2v) is 11.1. The van der Waals surface area contributed by atoms with Gasteiger partial charge in [0.1, 0.15) is 11.5 Å². The molecule has 11 nitrogen and oxygen atoms in total. The summed E-state index contributed by atoms with van der Waals surface area (Å²) in [6, 6.07) is 3.46. The van der Waals surface area contributed by atoms with Crippen LogP contribution < -0.4 is 10.6 Å². The summed E-state index contributed by atoms with van der Waals surface area (Å²) < 4.78 is 21.9. The molecular formula is C28H33FN10OS. The van der Waals surface area contributed by atoms with Crippen molar-refractivity contribution in [2.24, 2.45) is 5.92 Å². The molecule has 5 heterocycles. The van der Waals surface area contributed by atoms with Crippen LogP contribution in [0.5, 0.6) is 0 Å². The molecule has 13 heteroatoms. The van der Waals surface area contributed by atoms with Crippen LogP contribution in [-0.4, -0.2) is 57.9 Å². The maximum atomic E-state index is 13.8. The average molecular weight is 577 g/mol. The first-order chi connectivity index (χ1) is 19.8. The van der Waals surface area contributed by atoms with Crippen LogP contribution in [0.2, 0.25) is 0 Å². The molecule has 0 aliphatic carbocycles. The molecule has 2 N–H and O–H groups in total. The molecule has 41 heavy (non-hydrogen) atoms. The van der Waals surface area contributed by atoms with Crippen LogP contribution in [0.4, 0.5) is 20.9 Å². The Morgan fingerprint density at radius 1 is 1.24 bits per heavy atom. The van der Waals surface area contributed by atoms with Crippen LogP contribution >= 0.6 is 11.5 Å². The highest BCUT2D eigenvalue weighted by Gasteiger charge is 2.16. The van der Waals surface area contributed by atoms with Crippen LogP contribution in [0.25, 0.3) is 16.9 Å². The van der Waals surface area contributed by atoms with E-state index in [2.05, 4.69) is 61.9 Å². The topological polar surface area (TPSA) is 118 Å². The third kappa shape index (κ3) is 6.92. The van der Waals surface area contributed by atoms with Gasteiger partial charge in [-0.3, -0.25) is 18.9 Å². The summed E-state index contributed by atoms with van der Waals surface area (Å²) in [5.74, 6) is 0.282. The predicted molar refractivity (Wildman–Crippen MR) is 158 cm³/mol. The minimum atomic E-state index is -0.597. The Labute approximate surface area is 241 Å². The number of halogens is 1. The molecule has 5 rings (SSSR count). The van der Waals surface area contributed by atoms with Gasteiger partial charge in [0.2, 0.25) is 5.91 Å². The van der Waals surface area contributed by atoms with Gasteiger partial charge in [0.05, 0.1) is 41.4 Å². The summed E-state index contributed by atoms with van der Waals surface area (Å²) in [7, 11) is 2.13. The van der Waals surface area contributed by atoms with Crippen LogP contribution in [0.15, 0.2) is 49.3 Å². The van der Waals surface area contributed by atoms with Gasteiger partial charge >= 0.3 is 0 Å². The number of aryl methyl sites for hydroxylation is 1. The fourth-order valence-corrected chi connectivity index (χ4v) is 5.48. The van der Waals surface area contributed by atoms with Gasteiger partial charge in [0, 0.05) is 37.2 Å². The molecule has 5 aromatic rings. The monoisotopic (exact) mass is 576 g/mol. The number of aromatic nitrogens is 7. The summed E-state index contributed by atoms with van der Waals surface area (Å²) in [6.45, 7) is 8.18. The highest BCUT2D eigenvalue weighted by Crippen LogP contribution is 2.28. The third-order valence-electron chi connectivity index (χ3n) is 6.53. The number of nitrogens with one attached hydrogen (secondary N) is 2. The lowest BCUT2D eigenvalue weighted by atomic mass is 10.1. The Morgan fingerprint density at radius 2 is 2.10 bits per heavy atom. The smallest absolute Gasteiger partial charge is 0.246 e. The number of rotatable bonds is 12. The van der Waals surface area contributed by atoms with Crippen LogP contribution in [0.3, 0.4) is 0 Å². The molecule has 0 aliphatic heterocycles. The number of pyridine rings is 1. The number of anilines is 3. The molecule has 0 spiro atoms. The molecule has 214 valence electrons. The third-order valence-corrected chi connectivity index (χ3v) is 7.27. The van der Waals surface area contributed by atoms with Crippen molar-refractivity contribution in [3.05, 3.63) is 66.5 Å². The van der Waals surface area contributed by atoms with Gasteiger partial charge in [-0.25, -0.2) is 14.4 Å². The van der Waals surface area contributed by atoms with E-state index in [-0.39, 0.29) is 12.2 Å². The van der Waals surface area contributed by atoms with Crippen molar-refractivity contribution in [2.75, 3.05) is 24.2 Å². The maximum Gasteiger partial charge on any atom is 0.246 e. The highest BCUT2D eigenvalue weighted by atomic mass is 32.1. The standard InChI is InChI=1S/C28H33FN10OS/c1-5-6-18(2)13-37(4)16-21-9-26(41-36-21)35-27-28-31-12-24(39(28)14-19(3)33-27)20-10-32-38(15-20)17-25(40)34-23-7-8-30-11-22(23)29/h7-12,14-15,18H,5-6,13,16-17H2,1-4H3,(H,33,35)(H,30,34,40)/t18-/m1/s1. The Bertz CT molecular complexity index is 1640. The van der Waals surface area contributed by atoms with Gasteiger partial charge < -0.3 is 15.5 Å². The first-order valence-corrected chi connectivity index (χ1v) is 14.2. The Balaban J connectivity index is 1.29. The molecule has 1 atom stereocenters. The van der Waals surface area contributed by atoms with Crippen molar-refractivity contribution in [1.29, 1.82) is 0 Å². The predicted octanol–water partition coefficient (Wildman–Crippen LogP) is 5.14. The van der Waals surface area contributed by atoms with Crippen LogP contribution in [-0.2, 0) is 17.9 Å². The van der Waals surface area contributed by atoms with Crippen molar-refractivity contribution in [3.63, 3.8) is 0 Å². The van der Waals surface area contributed by atoms with Gasteiger partial charge in [0.25, 0.3) is 0 Å². The SMILES string of the molecule is CCC[C@@H](C)CN(C)Cc1cc(Nc2nc(C)cn3c(-c4cnn(CC(=O)Nc5ccncc5F)c4)cnc23)sn1. The number of carbonyl (C=O) groups excluding carboxylic acids is 1. The van der Waals surface area contributed by atoms with Gasteiger partial charge in [-0.1, -0.05) is 20.3 Å². The van der Waals surface area contributed by atoms with Gasteiger partial charge in [-0.2, -0.15) is 9.47 Å². The number of amides is 1. The average Bonchev–Trinajstić information content (AvgIpc) is 3.66. The fraction of sp³-hybridized carbons (Fsp3) is 0.357. The van der Waals surface area contributed by atoms with E-state index in [1.54, 1.807) is 18.6 Å². The Morgan fingerprint density at radius 3 is 2.90 bits per heavy atom. The van der Waals surface area contributed by atoms with Crippen molar-refractivity contribution >= 4 is 39.6 Å². The van der Waals surface area contributed by atoms with Crippen LogP contribution in [0.1, 0.15) is 38.1 Å². The lowest BCUT2D eigenvalue weighted by molar-refractivity contribution is -0.116. The van der Waals surface area contributed by atoms with E-state index in [9.17, 15) is 9.18 Å². The van der Waals surface area contributed by atoms with Crippen molar-refractivity contribution in [2.45, 2.75) is 46.7 Å². The van der Waals surface area contributed by atoms with Crippen LogP contribution in [0, 0.1) is 18.7 Å². The minimum absolute atomic E-state index is 0.0730. The molecule has 0 aromatic carbocycles. The number of hydrogen-bond acceptors (Lipinski definition) is 9. The van der Waals surface area contributed by atoms with E-state index in [0.29, 0.717) is 17.4 Å². The summed E-state index contributed by atoms with van der Waals surface area (Å²) in [5.41, 5.74) is 4.12. The maximum absolute atomic E-state index is 13.8. The van der Waals surface area contributed by atoms with Crippen molar-refractivity contribution in [1.82, 2.24) is 38.4 Å². The molecular weight excluding hydrogens is 543 g/mol. The molecule has 5 aromatic heterocycles. The van der Waals surface area contributed by atoms with E-state index in [0.717, 1.165) is 46.9 Å². The quantitative estimate of drug-likeness (QED) is 0.210. The van der Waals surface area contributed by atoms with Crippen molar-refractivity contribution in [3.8, 4) is 11.3 Å². The lowest BCUT2D eigenvalue weighted by Gasteiger charge is -2.19. The van der Waals surface area contributed by atoms with Crippen molar-refractivity contribution < 1.29 is 9.18 Å².